The maximum atomic E-state index is 12.3. The van der Waals surface area contributed by atoms with Crippen LogP contribution in [0, 0.1) is 11.8 Å². The van der Waals surface area contributed by atoms with Gasteiger partial charge in [-0.05, 0) is 39.0 Å². The zero-order valence-corrected chi connectivity index (χ0v) is 12.5. The Morgan fingerprint density at radius 1 is 1.37 bits per heavy atom. The number of likely N-dealkylation sites (N-methyl/N-ethyl adjacent to an activating group) is 1. The van der Waals surface area contributed by atoms with Crippen molar-refractivity contribution in [1.82, 2.24) is 10.2 Å². The van der Waals surface area contributed by atoms with Crippen molar-refractivity contribution in [2.75, 3.05) is 13.6 Å². The van der Waals surface area contributed by atoms with Gasteiger partial charge in [-0.25, -0.2) is 0 Å². The normalized spacial score (nSPS) is 27.2. The predicted molar refractivity (Wildman–Crippen MR) is 75.4 cm³/mol. The smallest absolute Gasteiger partial charge is 0.239 e. The molecule has 1 aliphatic rings. The summed E-state index contributed by atoms with van der Waals surface area (Å²) in [6.45, 7) is 6.04. The molecule has 0 radical (unpaired) electrons. The van der Waals surface area contributed by atoms with Crippen LogP contribution in [0.25, 0.3) is 0 Å². The molecule has 0 aliphatic heterocycles. The average Bonchev–Trinajstić information content (AvgIpc) is 2.30. The van der Waals surface area contributed by atoms with Gasteiger partial charge in [0.25, 0.3) is 0 Å². The molecule has 0 bridgehead atoms. The van der Waals surface area contributed by atoms with Crippen LogP contribution in [-0.2, 0) is 9.59 Å². The van der Waals surface area contributed by atoms with Crippen LogP contribution in [0.15, 0.2) is 0 Å². The van der Waals surface area contributed by atoms with Crippen molar-refractivity contribution < 1.29 is 9.59 Å². The molecule has 0 aromatic rings. The number of nitrogens with two attached hydrogens (primary N) is 1. The second-order valence-electron chi connectivity index (χ2n) is 6.07. The summed E-state index contributed by atoms with van der Waals surface area (Å²) in [5.74, 6) is 0.358. The van der Waals surface area contributed by atoms with E-state index in [9.17, 15) is 9.59 Å². The van der Waals surface area contributed by atoms with Crippen molar-refractivity contribution in [1.29, 1.82) is 0 Å². The van der Waals surface area contributed by atoms with E-state index in [2.05, 4.69) is 12.2 Å². The summed E-state index contributed by atoms with van der Waals surface area (Å²) in [5, 5.41) is 2.79. The highest BCUT2D eigenvalue weighted by Crippen LogP contribution is 2.29. The Morgan fingerprint density at radius 2 is 2.00 bits per heavy atom. The van der Waals surface area contributed by atoms with E-state index < -0.39 is 0 Å². The number of nitrogens with one attached hydrogen (secondary N) is 1. The van der Waals surface area contributed by atoms with Crippen LogP contribution in [0.1, 0.15) is 40.0 Å². The molecule has 1 rings (SSSR count). The highest BCUT2D eigenvalue weighted by atomic mass is 16.2. The predicted octanol–water partition coefficient (Wildman–Crippen LogP) is 0.733. The van der Waals surface area contributed by atoms with Gasteiger partial charge in [-0.2, -0.15) is 0 Å². The summed E-state index contributed by atoms with van der Waals surface area (Å²) in [5.41, 5.74) is 5.96. The second kappa shape index (κ2) is 6.89. The molecular weight excluding hydrogens is 242 g/mol. The van der Waals surface area contributed by atoms with Crippen LogP contribution in [0.5, 0.6) is 0 Å². The van der Waals surface area contributed by atoms with Gasteiger partial charge < -0.3 is 16.0 Å². The van der Waals surface area contributed by atoms with E-state index in [-0.39, 0.29) is 36.4 Å². The van der Waals surface area contributed by atoms with E-state index in [1.54, 1.807) is 7.05 Å². The summed E-state index contributed by atoms with van der Waals surface area (Å²) in [7, 11) is 1.70. The SMILES string of the molecule is CC(C)NC(=O)CN(C)C(=O)C1CCC(N)C(C)C1. The molecule has 110 valence electrons. The van der Waals surface area contributed by atoms with Crippen LogP contribution >= 0.6 is 0 Å². The first-order chi connectivity index (χ1) is 8.81. The lowest BCUT2D eigenvalue weighted by molar-refractivity contribution is -0.139. The highest BCUT2D eigenvalue weighted by molar-refractivity contribution is 5.85. The van der Waals surface area contributed by atoms with E-state index in [4.69, 9.17) is 5.73 Å². The van der Waals surface area contributed by atoms with E-state index in [1.807, 2.05) is 13.8 Å². The molecule has 2 amide bonds. The molecule has 0 spiro atoms. The monoisotopic (exact) mass is 269 g/mol. The first kappa shape index (κ1) is 16.0. The third kappa shape index (κ3) is 4.82. The summed E-state index contributed by atoms with van der Waals surface area (Å²) >= 11 is 0. The summed E-state index contributed by atoms with van der Waals surface area (Å²) < 4.78 is 0. The molecule has 0 aromatic heterocycles. The van der Waals surface area contributed by atoms with Crippen molar-refractivity contribution in [3.05, 3.63) is 0 Å². The number of hydrogen-bond donors (Lipinski definition) is 2. The Labute approximate surface area is 115 Å². The van der Waals surface area contributed by atoms with E-state index in [0.717, 1.165) is 19.3 Å². The number of rotatable bonds is 4. The minimum atomic E-state index is -0.105. The lowest BCUT2D eigenvalue weighted by atomic mass is 9.79. The fourth-order valence-corrected chi connectivity index (χ4v) is 2.62. The number of nitrogens with zero attached hydrogens (tertiary/aromatic N) is 1. The Kier molecular flexibility index (Phi) is 5.79. The topological polar surface area (TPSA) is 75.4 Å². The molecular formula is C14H27N3O2. The number of amides is 2. The molecule has 0 aromatic carbocycles. The summed E-state index contributed by atoms with van der Waals surface area (Å²) in [6.07, 6.45) is 2.56. The number of hydrogen-bond acceptors (Lipinski definition) is 3. The summed E-state index contributed by atoms with van der Waals surface area (Å²) in [6, 6.07) is 0.308. The molecule has 1 aliphatic carbocycles. The maximum absolute atomic E-state index is 12.3. The summed E-state index contributed by atoms with van der Waals surface area (Å²) in [4.78, 5) is 25.5. The standard InChI is InChI=1S/C14H27N3O2/c1-9(2)16-13(18)8-17(4)14(19)11-5-6-12(15)10(3)7-11/h9-12H,5-8,15H2,1-4H3,(H,16,18). The van der Waals surface area contributed by atoms with E-state index >= 15 is 0 Å². The Hall–Kier alpha value is -1.10. The largest absolute Gasteiger partial charge is 0.352 e. The Morgan fingerprint density at radius 3 is 2.53 bits per heavy atom. The number of carbonyl (C=O) groups is 2. The average molecular weight is 269 g/mol. The Bertz CT molecular complexity index is 331. The van der Waals surface area contributed by atoms with Gasteiger partial charge in [0.05, 0.1) is 6.54 Å². The van der Waals surface area contributed by atoms with Gasteiger partial charge in [0, 0.05) is 25.0 Å². The lowest BCUT2D eigenvalue weighted by Crippen LogP contribution is -2.45. The molecule has 3 unspecified atom stereocenters. The molecule has 0 saturated heterocycles. The first-order valence-corrected chi connectivity index (χ1v) is 7.11. The second-order valence-corrected chi connectivity index (χ2v) is 6.07. The van der Waals surface area contributed by atoms with E-state index in [1.165, 1.54) is 4.90 Å². The third-order valence-corrected chi connectivity index (χ3v) is 3.79. The van der Waals surface area contributed by atoms with Gasteiger partial charge in [0.15, 0.2) is 0 Å². The minimum Gasteiger partial charge on any atom is -0.352 e. The maximum Gasteiger partial charge on any atom is 0.239 e. The zero-order valence-electron chi connectivity index (χ0n) is 12.5. The lowest BCUT2D eigenvalue weighted by Gasteiger charge is -2.33. The third-order valence-electron chi connectivity index (χ3n) is 3.79. The highest BCUT2D eigenvalue weighted by Gasteiger charge is 2.31. The van der Waals surface area contributed by atoms with Crippen LogP contribution in [0.3, 0.4) is 0 Å². The Balaban J connectivity index is 2.46. The van der Waals surface area contributed by atoms with Gasteiger partial charge in [0.2, 0.25) is 11.8 Å². The number of carbonyl (C=O) groups excluding carboxylic acids is 2. The van der Waals surface area contributed by atoms with Crippen LogP contribution < -0.4 is 11.1 Å². The van der Waals surface area contributed by atoms with Gasteiger partial charge >= 0.3 is 0 Å². The van der Waals surface area contributed by atoms with Crippen molar-refractivity contribution >= 4 is 11.8 Å². The van der Waals surface area contributed by atoms with Gasteiger partial charge in [-0.3, -0.25) is 9.59 Å². The minimum absolute atomic E-state index is 0.0200. The first-order valence-electron chi connectivity index (χ1n) is 7.11. The molecule has 5 nitrogen and oxygen atoms in total. The van der Waals surface area contributed by atoms with Crippen LogP contribution in [0.4, 0.5) is 0 Å². The van der Waals surface area contributed by atoms with Crippen LogP contribution in [0.2, 0.25) is 0 Å². The molecule has 3 N–H and O–H groups in total. The van der Waals surface area contributed by atoms with Gasteiger partial charge in [-0.1, -0.05) is 6.92 Å². The quantitative estimate of drug-likeness (QED) is 0.790. The van der Waals surface area contributed by atoms with Crippen molar-refractivity contribution in [3.63, 3.8) is 0 Å². The van der Waals surface area contributed by atoms with Crippen molar-refractivity contribution in [2.24, 2.45) is 17.6 Å². The molecule has 5 heteroatoms. The zero-order chi connectivity index (χ0) is 14.6. The van der Waals surface area contributed by atoms with Crippen molar-refractivity contribution in [3.8, 4) is 0 Å². The van der Waals surface area contributed by atoms with E-state index in [0.29, 0.717) is 5.92 Å². The van der Waals surface area contributed by atoms with Crippen molar-refractivity contribution in [2.45, 2.75) is 52.1 Å². The molecule has 19 heavy (non-hydrogen) atoms. The molecule has 0 heterocycles. The molecule has 1 fully saturated rings. The molecule has 3 atom stereocenters. The van der Waals surface area contributed by atoms with Gasteiger partial charge in [0.1, 0.15) is 0 Å². The molecule has 1 saturated carbocycles. The fourth-order valence-electron chi connectivity index (χ4n) is 2.62. The fraction of sp³-hybridized carbons (Fsp3) is 0.857. The van der Waals surface area contributed by atoms with Crippen LogP contribution in [-0.4, -0.2) is 42.4 Å². The van der Waals surface area contributed by atoms with Gasteiger partial charge in [-0.15, -0.1) is 0 Å².